The maximum absolute atomic E-state index is 11.9. The number of rotatable bonds is 5. The minimum absolute atomic E-state index is 0.00849. The van der Waals surface area contributed by atoms with Gasteiger partial charge in [-0.05, 0) is 32.0 Å². The van der Waals surface area contributed by atoms with Gasteiger partial charge in [0.2, 0.25) is 0 Å². The van der Waals surface area contributed by atoms with E-state index in [-0.39, 0.29) is 18.1 Å². The first kappa shape index (κ1) is 14.0. The van der Waals surface area contributed by atoms with Crippen molar-refractivity contribution in [3.05, 3.63) is 48.5 Å². The summed E-state index contributed by atoms with van der Waals surface area (Å²) in [5, 5.41) is 9.85. The topological polar surface area (TPSA) is 71.8 Å². The van der Waals surface area contributed by atoms with Crippen LogP contribution in [0, 0.1) is 0 Å². The third kappa shape index (κ3) is 4.08. The second-order valence-corrected chi connectivity index (χ2v) is 4.72. The SMILES string of the molecule is C[C@H](NC(=O)N[C@@H](C)Cn1cccn1)c1ccccn1. The van der Waals surface area contributed by atoms with E-state index in [1.54, 1.807) is 17.1 Å². The van der Waals surface area contributed by atoms with Gasteiger partial charge in [0, 0.05) is 24.6 Å². The van der Waals surface area contributed by atoms with Crippen molar-refractivity contribution in [1.82, 2.24) is 25.4 Å². The van der Waals surface area contributed by atoms with E-state index in [2.05, 4.69) is 20.7 Å². The van der Waals surface area contributed by atoms with Gasteiger partial charge in [0.1, 0.15) is 0 Å². The molecule has 0 saturated carbocycles. The molecule has 0 unspecified atom stereocenters. The summed E-state index contributed by atoms with van der Waals surface area (Å²) in [6, 6.07) is 7.15. The van der Waals surface area contributed by atoms with E-state index in [0.29, 0.717) is 6.54 Å². The van der Waals surface area contributed by atoms with Crippen LogP contribution in [0.15, 0.2) is 42.9 Å². The average molecular weight is 273 g/mol. The summed E-state index contributed by atoms with van der Waals surface area (Å²) >= 11 is 0. The molecule has 106 valence electrons. The van der Waals surface area contributed by atoms with Gasteiger partial charge >= 0.3 is 6.03 Å². The van der Waals surface area contributed by atoms with Crippen LogP contribution in [0.3, 0.4) is 0 Å². The van der Waals surface area contributed by atoms with Crippen molar-refractivity contribution in [2.45, 2.75) is 32.5 Å². The van der Waals surface area contributed by atoms with Gasteiger partial charge in [-0.3, -0.25) is 9.67 Å². The molecule has 0 radical (unpaired) electrons. The van der Waals surface area contributed by atoms with E-state index in [1.807, 2.05) is 44.3 Å². The Bertz CT molecular complexity index is 526. The highest BCUT2D eigenvalue weighted by atomic mass is 16.2. The first-order chi connectivity index (χ1) is 9.65. The number of urea groups is 1. The first-order valence-corrected chi connectivity index (χ1v) is 6.60. The smallest absolute Gasteiger partial charge is 0.315 e. The molecule has 0 aliphatic heterocycles. The zero-order chi connectivity index (χ0) is 14.4. The van der Waals surface area contributed by atoms with Crippen molar-refractivity contribution in [3.8, 4) is 0 Å². The molecule has 2 N–H and O–H groups in total. The largest absolute Gasteiger partial charge is 0.334 e. The van der Waals surface area contributed by atoms with Crippen LogP contribution >= 0.6 is 0 Å². The fraction of sp³-hybridized carbons (Fsp3) is 0.357. The highest BCUT2D eigenvalue weighted by Crippen LogP contribution is 2.07. The molecule has 2 aromatic rings. The van der Waals surface area contributed by atoms with E-state index < -0.39 is 0 Å². The zero-order valence-electron chi connectivity index (χ0n) is 11.7. The van der Waals surface area contributed by atoms with Gasteiger partial charge in [0.25, 0.3) is 0 Å². The molecule has 6 nitrogen and oxygen atoms in total. The van der Waals surface area contributed by atoms with Crippen LogP contribution in [-0.4, -0.2) is 26.8 Å². The molecule has 2 aromatic heterocycles. The lowest BCUT2D eigenvalue weighted by atomic mass is 10.2. The molecule has 0 aliphatic carbocycles. The standard InChI is InChI=1S/C14H19N5O/c1-11(10-19-9-5-8-16-19)17-14(20)18-12(2)13-6-3-4-7-15-13/h3-9,11-12H,10H2,1-2H3,(H2,17,18,20)/t11-,12-/m0/s1. The van der Waals surface area contributed by atoms with E-state index >= 15 is 0 Å². The molecule has 2 amide bonds. The summed E-state index contributed by atoms with van der Waals surface area (Å²) in [5.41, 5.74) is 0.836. The van der Waals surface area contributed by atoms with Crippen LogP contribution in [0.5, 0.6) is 0 Å². The first-order valence-electron chi connectivity index (χ1n) is 6.60. The molecule has 6 heteroatoms. The van der Waals surface area contributed by atoms with Gasteiger partial charge in [-0.2, -0.15) is 5.10 Å². The molecular weight excluding hydrogens is 254 g/mol. The van der Waals surface area contributed by atoms with Gasteiger partial charge in [0.05, 0.1) is 18.3 Å². The van der Waals surface area contributed by atoms with Crippen molar-refractivity contribution < 1.29 is 4.79 Å². The Labute approximate surface area is 118 Å². The lowest BCUT2D eigenvalue weighted by molar-refractivity contribution is 0.233. The molecule has 0 aromatic carbocycles. The number of pyridine rings is 1. The monoisotopic (exact) mass is 273 g/mol. The van der Waals surface area contributed by atoms with E-state index in [1.165, 1.54) is 0 Å². The van der Waals surface area contributed by atoms with Crippen LogP contribution in [0.4, 0.5) is 4.79 Å². The molecule has 2 heterocycles. The maximum Gasteiger partial charge on any atom is 0.315 e. The molecule has 0 bridgehead atoms. The number of aromatic nitrogens is 3. The van der Waals surface area contributed by atoms with Crippen molar-refractivity contribution >= 4 is 6.03 Å². The molecule has 0 spiro atoms. The number of carbonyl (C=O) groups excluding carboxylic acids is 1. The highest BCUT2D eigenvalue weighted by molar-refractivity contribution is 5.74. The van der Waals surface area contributed by atoms with Crippen LogP contribution in [0.2, 0.25) is 0 Å². The number of nitrogens with zero attached hydrogens (tertiary/aromatic N) is 3. The van der Waals surface area contributed by atoms with Crippen molar-refractivity contribution in [2.24, 2.45) is 0 Å². The minimum Gasteiger partial charge on any atom is -0.334 e. The Kier molecular flexibility index (Phi) is 4.70. The second-order valence-electron chi connectivity index (χ2n) is 4.72. The van der Waals surface area contributed by atoms with Crippen LogP contribution in [0.1, 0.15) is 25.6 Å². The number of carbonyl (C=O) groups is 1. The quantitative estimate of drug-likeness (QED) is 0.871. The van der Waals surface area contributed by atoms with Gasteiger partial charge in [-0.25, -0.2) is 4.79 Å². The summed E-state index contributed by atoms with van der Waals surface area (Å²) < 4.78 is 1.78. The van der Waals surface area contributed by atoms with Gasteiger partial charge in [-0.15, -0.1) is 0 Å². The molecule has 0 aliphatic rings. The van der Waals surface area contributed by atoms with Gasteiger partial charge < -0.3 is 10.6 Å². The van der Waals surface area contributed by atoms with Crippen molar-refractivity contribution in [2.75, 3.05) is 0 Å². The number of amides is 2. The number of hydrogen-bond acceptors (Lipinski definition) is 3. The molecule has 0 saturated heterocycles. The molecule has 2 rings (SSSR count). The van der Waals surface area contributed by atoms with Crippen LogP contribution < -0.4 is 10.6 Å². The van der Waals surface area contributed by atoms with Gasteiger partial charge in [0.15, 0.2) is 0 Å². The van der Waals surface area contributed by atoms with E-state index in [0.717, 1.165) is 5.69 Å². The average Bonchev–Trinajstić information content (AvgIpc) is 2.92. The predicted molar refractivity (Wildman–Crippen MR) is 76.0 cm³/mol. The number of nitrogens with one attached hydrogen (secondary N) is 2. The highest BCUT2D eigenvalue weighted by Gasteiger charge is 2.12. The normalized spacial score (nSPS) is 13.5. The molecule has 0 fully saturated rings. The fourth-order valence-corrected chi connectivity index (χ4v) is 1.90. The molecule has 20 heavy (non-hydrogen) atoms. The maximum atomic E-state index is 11.9. The third-order valence-corrected chi connectivity index (χ3v) is 2.88. The summed E-state index contributed by atoms with van der Waals surface area (Å²) in [5.74, 6) is 0. The third-order valence-electron chi connectivity index (χ3n) is 2.88. The molecule has 2 atom stereocenters. The summed E-state index contributed by atoms with van der Waals surface area (Å²) in [4.78, 5) is 16.1. The molecular formula is C14H19N5O. The Balaban J connectivity index is 1.80. The zero-order valence-corrected chi connectivity index (χ0v) is 11.7. The lowest BCUT2D eigenvalue weighted by Crippen LogP contribution is -2.43. The predicted octanol–water partition coefficient (Wildman–Crippen LogP) is 1.73. The van der Waals surface area contributed by atoms with Crippen molar-refractivity contribution in [3.63, 3.8) is 0 Å². The minimum atomic E-state index is -0.206. The van der Waals surface area contributed by atoms with Crippen LogP contribution in [0.25, 0.3) is 0 Å². The lowest BCUT2D eigenvalue weighted by Gasteiger charge is -2.18. The van der Waals surface area contributed by atoms with Crippen molar-refractivity contribution in [1.29, 1.82) is 0 Å². The Morgan fingerprint density at radius 1 is 1.25 bits per heavy atom. The Morgan fingerprint density at radius 3 is 2.75 bits per heavy atom. The summed E-state index contributed by atoms with van der Waals surface area (Å²) in [6.45, 7) is 4.48. The Morgan fingerprint density at radius 2 is 2.10 bits per heavy atom. The summed E-state index contributed by atoms with van der Waals surface area (Å²) in [7, 11) is 0. The van der Waals surface area contributed by atoms with Gasteiger partial charge in [-0.1, -0.05) is 6.07 Å². The van der Waals surface area contributed by atoms with Crippen LogP contribution in [-0.2, 0) is 6.54 Å². The Hall–Kier alpha value is -2.37. The van der Waals surface area contributed by atoms with E-state index in [4.69, 9.17) is 0 Å². The second kappa shape index (κ2) is 6.70. The summed E-state index contributed by atoms with van der Waals surface area (Å²) in [6.07, 6.45) is 5.30. The fourth-order valence-electron chi connectivity index (χ4n) is 1.90. The number of hydrogen-bond donors (Lipinski definition) is 2. The van der Waals surface area contributed by atoms with E-state index in [9.17, 15) is 4.79 Å².